The second kappa shape index (κ2) is 11.2. The van der Waals surface area contributed by atoms with Crippen LogP contribution in [-0.4, -0.2) is 51.1 Å². The molecule has 3 heterocycles. The number of hydrogen-bond donors (Lipinski definition) is 1. The maximum Gasteiger partial charge on any atom is 0.255 e. The van der Waals surface area contributed by atoms with E-state index in [4.69, 9.17) is 0 Å². The molecule has 8 heteroatoms. The van der Waals surface area contributed by atoms with Crippen molar-refractivity contribution in [2.45, 2.75) is 72.6 Å². The first-order valence-electron chi connectivity index (χ1n) is 14.1. The Bertz CT molecular complexity index is 1420. The minimum Gasteiger partial charge on any atom is -0.350 e. The highest BCUT2D eigenvalue weighted by atomic mass is 32.1. The van der Waals surface area contributed by atoms with Gasteiger partial charge in [-0.3, -0.25) is 14.4 Å². The van der Waals surface area contributed by atoms with Gasteiger partial charge in [0.1, 0.15) is 12.1 Å². The summed E-state index contributed by atoms with van der Waals surface area (Å²) < 4.78 is 0. The highest BCUT2D eigenvalue weighted by Crippen LogP contribution is 2.39. The zero-order valence-electron chi connectivity index (χ0n) is 23.9. The van der Waals surface area contributed by atoms with Crippen molar-refractivity contribution in [3.8, 4) is 10.4 Å². The molecule has 3 amide bonds. The van der Waals surface area contributed by atoms with Gasteiger partial charge in [-0.15, -0.1) is 11.3 Å². The molecule has 0 spiro atoms. The average molecular weight is 559 g/mol. The van der Waals surface area contributed by atoms with Crippen molar-refractivity contribution in [2.75, 3.05) is 6.54 Å². The zero-order chi connectivity index (χ0) is 28.6. The lowest BCUT2D eigenvalue weighted by molar-refractivity contribution is -0.143. The number of amides is 3. The fraction of sp³-hybridized carbons (Fsp3) is 0.438. The van der Waals surface area contributed by atoms with Gasteiger partial charge in [-0.25, -0.2) is 4.98 Å². The Labute approximate surface area is 240 Å². The number of nitrogens with zero attached hydrogens (tertiary/aromatic N) is 3. The van der Waals surface area contributed by atoms with Gasteiger partial charge in [-0.1, -0.05) is 70.2 Å². The number of hydrogen-bond acceptors (Lipinski definition) is 5. The first kappa shape index (κ1) is 28.0. The predicted octanol–water partition coefficient (Wildman–Crippen LogP) is 5.43. The van der Waals surface area contributed by atoms with Crippen LogP contribution in [0.1, 0.15) is 67.7 Å². The van der Waals surface area contributed by atoms with Gasteiger partial charge in [-0.05, 0) is 53.9 Å². The Balaban J connectivity index is 1.32. The molecule has 5 rings (SSSR count). The third-order valence-corrected chi connectivity index (χ3v) is 9.53. The topological polar surface area (TPSA) is 82.6 Å². The summed E-state index contributed by atoms with van der Waals surface area (Å²) in [6, 6.07) is 14.5. The molecule has 0 unspecified atom stereocenters. The monoisotopic (exact) mass is 558 g/mol. The predicted molar refractivity (Wildman–Crippen MR) is 158 cm³/mol. The van der Waals surface area contributed by atoms with Crippen LogP contribution in [0.4, 0.5) is 0 Å². The number of aryl methyl sites for hydroxylation is 1. The van der Waals surface area contributed by atoms with E-state index in [0.717, 1.165) is 33.7 Å². The van der Waals surface area contributed by atoms with E-state index >= 15 is 0 Å². The summed E-state index contributed by atoms with van der Waals surface area (Å²) in [4.78, 5) is 50.0. The van der Waals surface area contributed by atoms with Crippen LogP contribution in [-0.2, 0) is 22.7 Å². The molecule has 2 aromatic carbocycles. The van der Waals surface area contributed by atoms with Crippen molar-refractivity contribution in [3.63, 3.8) is 0 Å². The number of nitrogens with one attached hydrogen (secondary N) is 1. The lowest BCUT2D eigenvalue weighted by Gasteiger charge is -2.35. The van der Waals surface area contributed by atoms with E-state index in [9.17, 15) is 14.4 Å². The van der Waals surface area contributed by atoms with Gasteiger partial charge in [0, 0.05) is 25.2 Å². The maximum absolute atomic E-state index is 14.2. The van der Waals surface area contributed by atoms with E-state index in [1.165, 1.54) is 0 Å². The standard InChI is InChI=1S/C32H38N4O3S/c1-6-32(5)15-26(29(37)33-16-22-11-13-23(14-12-22)28-21(4)34-19-40-28)36(18-32)31(39)27(20(2)3)35-17-24-9-7-8-10-25(24)30(35)38/h7-14,19-20,26-27H,6,15-18H2,1-5H3,(H,33,37)/t26-,27-,32-/m0/s1. The van der Waals surface area contributed by atoms with Crippen molar-refractivity contribution in [3.05, 3.63) is 76.4 Å². The van der Waals surface area contributed by atoms with E-state index in [1.54, 1.807) is 21.1 Å². The highest BCUT2D eigenvalue weighted by Gasteiger charge is 2.49. The third-order valence-electron chi connectivity index (χ3n) is 8.55. The van der Waals surface area contributed by atoms with Crippen LogP contribution in [0.3, 0.4) is 0 Å². The molecule has 0 aliphatic carbocycles. The zero-order valence-corrected chi connectivity index (χ0v) is 24.8. The number of carbonyl (C=O) groups excluding carboxylic acids is 3. The summed E-state index contributed by atoms with van der Waals surface area (Å²) in [5, 5.41) is 3.09. The Morgan fingerprint density at radius 3 is 2.50 bits per heavy atom. The Kier molecular flexibility index (Phi) is 7.82. The van der Waals surface area contributed by atoms with Crippen LogP contribution in [0.2, 0.25) is 0 Å². The SMILES string of the molecule is CC[C@@]1(C)C[C@@H](C(=O)NCc2ccc(-c3scnc3C)cc2)N(C(=O)[C@H](C(C)C)N2Cc3ccccc3C2=O)C1. The summed E-state index contributed by atoms with van der Waals surface area (Å²) in [5.41, 5.74) is 6.40. The Morgan fingerprint density at radius 2 is 1.88 bits per heavy atom. The second-order valence-electron chi connectivity index (χ2n) is 11.8. The molecule has 3 aromatic rings. The number of carbonyl (C=O) groups is 3. The van der Waals surface area contributed by atoms with Crippen LogP contribution in [0.5, 0.6) is 0 Å². The summed E-state index contributed by atoms with van der Waals surface area (Å²) in [6.45, 7) is 11.5. The molecule has 3 atom stereocenters. The smallest absolute Gasteiger partial charge is 0.255 e. The molecular formula is C32H38N4O3S. The summed E-state index contributed by atoms with van der Waals surface area (Å²) in [5.74, 6) is -0.495. The van der Waals surface area contributed by atoms with Crippen LogP contribution in [0, 0.1) is 18.3 Å². The first-order valence-corrected chi connectivity index (χ1v) is 15.0. The minimum absolute atomic E-state index is 0.0938. The van der Waals surface area contributed by atoms with Gasteiger partial charge < -0.3 is 15.1 Å². The lowest BCUT2D eigenvalue weighted by Crippen LogP contribution is -2.55. The van der Waals surface area contributed by atoms with E-state index < -0.39 is 12.1 Å². The van der Waals surface area contributed by atoms with Crippen LogP contribution in [0.25, 0.3) is 10.4 Å². The van der Waals surface area contributed by atoms with Gasteiger partial charge >= 0.3 is 0 Å². The van der Waals surface area contributed by atoms with E-state index in [1.807, 2.05) is 62.7 Å². The van der Waals surface area contributed by atoms with Crippen molar-refractivity contribution >= 4 is 29.1 Å². The van der Waals surface area contributed by atoms with Crippen LogP contribution >= 0.6 is 11.3 Å². The van der Waals surface area contributed by atoms with Crippen LogP contribution < -0.4 is 5.32 Å². The molecule has 40 heavy (non-hydrogen) atoms. The molecule has 1 saturated heterocycles. The quantitative estimate of drug-likeness (QED) is 0.400. The minimum atomic E-state index is -0.628. The fourth-order valence-corrected chi connectivity index (χ4v) is 6.81. The molecule has 1 N–H and O–H groups in total. The van der Waals surface area contributed by atoms with Gasteiger partial charge in [-0.2, -0.15) is 0 Å². The van der Waals surface area contributed by atoms with Gasteiger partial charge in [0.25, 0.3) is 5.91 Å². The number of likely N-dealkylation sites (tertiary alicyclic amines) is 1. The largest absolute Gasteiger partial charge is 0.350 e. The number of aromatic nitrogens is 1. The van der Waals surface area contributed by atoms with Crippen molar-refractivity contribution in [2.24, 2.45) is 11.3 Å². The van der Waals surface area contributed by atoms with Crippen molar-refractivity contribution in [1.29, 1.82) is 0 Å². The van der Waals surface area contributed by atoms with Crippen LogP contribution in [0.15, 0.2) is 54.0 Å². The number of thiazole rings is 1. The van der Waals surface area contributed by atoms with Gasteiger partial charge in [0.15, 0.2) is 0 Å². The molecule has 1 aromatic heterocycles. The van der Waals surface area contributed by atoms with Gasteiger partial charge in [0.2, 0.25) is 11.8 Å². The number of fused-ring (bicyclic) bond motifs is 1. The summed E-state index contributed by atoms with van der Waals surface area (Å²) in [7, 11) is 0. The van der Waals surface area contributed by atoms with E-state index in [-0.39, 0.29) is 29.1 Å². The van der Waals surface area contributed by atoms with Crippen molar-refractivity contribution < 1.29 is 14.4 Å². The maximum atomic E-state index is 14.2. The first-order chi connectivity index (χ1) is 19.1. The Hall–Kier alpha value is -3.52. The van der Waals surface area contributed by atoms with E-state index in [2.05, 4.69) is 36.3 Å². The average Bonchev–Trinajstić information content (AvgIpc) is 3.63. The molecule has 0 saturated carbocycles. The second-order valence-corrected chi connectivity index (χ2v) is 12.7. The number of benzene rings is 2. The normalized spacial score (nSPS) is 21.1. The third kappa shape index (κ3) is 5.29. The highest BCUT2D eigenvalue weighted by molar-refractivity contribution is 7.13. The lowest BCUT2D eigenvalue weighted by atomic mass is 9.85. The fourth-order valence-electron chi connectivity index (χ4n) is 5.99. The van der Waals surface area contributed by atoms with E-state index in [0.29, 0.717) is 31.6 Å². The molecule has 210 valence electrons. The van der Waals surface area contributed by atoms with Crippen molar-refractivity contribution in [1.82, 2.24) is 20.1 Å². The molecule has 0 bridgehead atoms. The Morgan fingerprint density at radius 1 is 1.15 bits per heavy atom. The molecule has 1 fully saturated rings. The molecular weight excluding hydrogens is 520 g/mol. The molecule has 7 nitrogen and oxygen atoms in total. The summed E-state index contributed by atoms with van der Waals surface area (Å²) >= 11 is 1.62. The number of rotatable bonds is 8. The van der Waals surface area contributed by atoms with Gasteiger partial charge in [0.05, 0.1) is 16.1 Å². The molecule has 2 aliphatic rings. The summed E-state index contributed by atoms with van der Waals surface area (Å²) in [6.07, 6.45) is 1.46. The molecule has 2 aliphatic heterocycles. The molecule has 0 radical (unpaired) electrons.